The average molecular weight is 253 g/mol. The summed E-state index contributed by atoms with van der Waals surface area (Å²) in [5.74, 6) is -0.675. The van der Waals surface area contributed by atoms with E-state index in [9.17, 15) is 0 Å². The van der Waals surface area contributed by atoms with Gasteiger partial charge in [0, 0.05) is 4.91 Å². The van der Waals surface area contributed by atoms with Crippen LogP contribution < -0.4 is 0 Å². The Morgan fingerprint density at radius 2 is 2.06 bits per heavy atom. The van der Waals surface area contributed by atoms with Crippen molar-refractivity contribution in [1.29, 1.82) is 0 Å². The Morgan fingerprint density at radius 1 is 1.39 bits per heavy atom. The summed E-state index contributed by atoms with van der Waals surface area (Å²) in [7, 11) is 0. The van der Waals surface area contributed by atoms with Gasteiger partial charge in [0.25, 0.3) is 0 Å². The van der Waals surface area contributed by atoms with Crippen LogP contribution >= 0.6 is 0 Å². The van der Waals surface area contributed by atoms with Crippen LogP contribution in [0.5, 0.6) is 0 Å². The van der Waals surface area contributed by atoms with Gasteiger partial charge in [0.05, 0.1) is 18.2 Å². The number of hydrogen-bond acceptors (Lipinski definition) is 4. The zero-order valence-corrected chi connectivity index (χ0v) is 10.9. The Bertz CT molecular complexity index is 379. The lowest BCUT2D eigenvalue weighted by atomic mass is 9.92. The first-order chi connectivity index (χ1) is 8.52. The molecule has 100 valence electrons. The Morgan fingerprint density at radius 3 is 2.61 bits per heavy atom. The van der Waals surface area contributed by atoms with Crippen molar-refractivity contribution in [3.63, 3.8) is 0 Å². The zero-order chi connectivity index (χ0) is 13.3. The number of rotatable bonds is 3. The number of ether oxygens (including phenoxy) is 3. The van der Waals surface area contributed by atoms with Crippen LogP contribution in [0.2, 0.25) is 0 Å². The molecule has 0 aromatic heterocycles. The predicted molar refractivity (Wildman–Crippen MR) is 65.9 cm³/mol. The SMILES string of the molecule is C=CC1O[C@H](CC)[C@@H]2OC(C)(C)O[C@@H]2[C@H]1N=[N+]=[N-]. The highest BCUT2D eigenvalue weighted by molar-refractivity contribution is 5.06. The third-order valence-corrected chi connectivity index (χ3v) is 3.35. The van der Waals surface area contributed by atoms with Crippen molar-refractivity contribution >= 4 is 0 Å². The maximum absolute atomic E-state index is 8.68. The van der Waals surface area contributed by atoms with E-state index in [1.54, 1.807) is 6.08 Å². The molecule has 0 aromatic rings. The fraction of sp³-hybridized carbons (Fsp3) is 0.833. The second-order valence-corrected chi connectivity index (χ2v) is 5.04. The van der Waals surface area contributed by atoms with Crippen LogP contribution in [-0.2, 0) is 14.2 Å². The van der Waals surface area contributed by atoms with Crippen molar-refractivity contribution in [3.05, 3.63) is 23.1 Å². The molecule has 0 aromatic carbocycles. The molecular weight excluding hydrogens is 234 g/mol. The van der Waals surface area contributed by atoms with Crippen molar-refractivity contribution in [2.45, 2.75) is 63.4 Å². The van der Waals surface area contributed by atoms with Crippen LogP contribution in [-0.4, -0.2) is 36.2 Å². The topological polar surface area (TPSA) is 76.5 Å². The van der Waals surface area contributed by atoms with E-state index in [1.165, 1.54) is 0 Å². The van der Waals surface area contributed by atoms with E-state index in [1.807, 2.05) is 20.8 Å². The molecular formula is C12H19N3O3. The van der Waals surface area contributed by atoms with Gasteiger partial charge in [0.1, 0.15) is 12.2 Å². The van der Waals surface area contributed by atoms with Gasteiger partial charge < -0.3 is 14.2 Å². The Hall–Kier alpha value is -1.07. The number of nitrogens with zero attached hydrogens (tertiary/aromatic N) is 3. The molecule has 0 amide bonds. The predicted octanol–water partition coefficient (Wildman–Crippen LogP) is 2.55. The summed E-state index contributed by atoms with van der Waals surface area (Å²) in [5.41, 5.74) is 8.68. The van der Waals surface area contributed by atoms with Gasteiger partial charge in [0.15, 0.2) is 5.79 Å². The normalized spacial score (nSPS) is 41.8. The molecule has 2 aliphatic rings. The van der Waals surface area contributed by atoms with Crippen LogP contribution in [0, 0.1) is 0 Å². The Balaban J connectivity index is 2.31. The van der Waals surface area contributed by atoms with Crippen LogP contribution in [0.3, 0.4) is 0 Å². The standard InChI is InChI=1S/C12H19N3O3/c1-5-7-9(14-15-13)11-10(8(6-2)16-7)17-12(3,4)18-11/h5,7-11H,1,6H2,2-4H3/t7?,8-,9+,10+,11-/m1/s1. The largest absolute Gasteiger partial charge is 0.368 e. The molecule has 0 aliphatic carbocycles. The summed E-state index contributed by atoms with van der Waals surface area (Å²) in [6, 6.07) is -0.429. The first-order valence-electron chi connectivity index (χ1n) is 6.20. The molecule has 2 rings (SSSR count). The van der Waals surface area contributed by atoms with Crippen LogP contribution in [0.15, 0.2) is 17.8 Å². The lowest BCUT2D eigenvalue weighted by Crippen LogP contribution is -2.54. The molecule has 6 heteroatoms. The lowest BCUT2D eigenvalue weighted by molar-refractivity contribution is -0.156. The Labute approximate surface area is 107 Å². The lowest BCUT2D eigenvalue weighted by Gasteiger charge is -2.39. The molecule has 2 saturated heterocycles. The fourth-order valence-corrected chi connectivity index (χ4v) is 2.63. The molecule has 2 aliphatic heterocycles. The minimum atomic E-state index is -0.675. The first-order valence-corrected chi connectivity index (χ1v) is 6.20. The fourth-order valence-electron chi connectivity index (χ4n) is 2.63. The van der Waals surface area contributed by atoms with E-state index in [2.05, 4.69) is 16.6 Å². The number of fused-ring (bicyclic) bond motifs is 1. The van der Waals surface area contributed by atoms with Gasteiger partial charge in [-0.1, -0.05) is 18.1 Å². The number of hydrogen-bond donors (Lipinski definition) is 0. The van der Waals surface area contributed by atoms with Crippen LogP contribution in [0.4, 0.5) is 0 Å². The molecule has 0 N–H and O–H groups in total. The second-order valence-electron chi connectivity index (χ2n) is 5.04. The average Bonchev–Trinajstić information content (AvgIpc) is 2.65. The molecule has 2 fully saturated rings. The third kappa shape index (κ3) is 2.24. The van der Waals surface area contributed by atoms with E-state index < -0.39 is 11.8 Å². The van der Waals surface area contributed by atoms with Gasteiger partial charge in [-0.2, -0.15) is 0 Å². The summed E-state index contributed by atoms with van der Waals surface area (Å²) in [5, 5.41) is 3.79. The highest BCUT2D eigenvalue weighted by atomic mass is 16.8. The second kappa shape index (κ2) is 4.90. The Kier molecular flexibility index (Phi) is 3.64. The van der Waals surface area contributed by atoms with Gasteiger partial charge >= 0.3 is 0 Å². The van der Waals surface area contributed by atoms with Crippen molar-refractivity contribution in [2.75, 3.05) is 0 Å². The smallest absolute Gasteiger partial charge is 0.163 e. The van der Waals surface area contributed by atoms with E-state index in [4.69, 9.17) is 19.7 Å². The highest BCUT2D eigenvalue weighted by Crippen LogP contribution is 2.39. The van der Waals surface area contributed by atoms with E-state index in [-0.39, 0.29) is 24.4 Å². The van der Waals surface area contributed by atoms with Crippen molar-refractivity contribution in [2.24, 2.45) is 5.11 Å². The highest BCUT2D eigenvalue weighted by Gasteiger charge is 2.53. The molecule has 0 spiro atoms. The molecule has 5 atom stereocenters. The summed E-state index contributed by atoms with van der Waals surface area (Å²) in [6.07, 6.45) is 1.60. The molecule has 2 heterocycles. The van der Waals surface area contributed by atoms with E-state index in [0.29, 0.717) is 0 Å². The van der Waals surface area contributed by atoms with Crippen molar-refractivity contribution in [1.82, 2.24) is 0 Å². The summed E-state index contributed by atoms with van der Waals surface area (Å²) in [6.45, 7) is 9.47. The summed E-state index contributed by atoms with van der Waals surface area (Å²) in [4.78, 5) is 2.88. The molecule has 0 saturated carbocycles. The van der Waals surface area contributed by atoms with Gasteiger partial charge in [-0.25, -0.2) is 0 Å². The van der Waals surface area contributed by atoms with Crippen molar-refractivity contribution < 1.29 is 14.2 Å². The van der Waals surface area contributed by atoms with Gasteiger partial charge in [-0.05, 0) is 25.8 Å². The van der Waals surface area contributed by atoms with E-state index >= 15 is 0 Å². The zero-order valence-electron chi connectivity index (χ0n) is 10.9. The molecule has 0 bridgehead atoms. The van der Waals surface area contributed by atoms with Crippen molar-refractivity contribution in [3.8, 4) is 0 Å². The first kappa shape index (κ1) is 13.4. The summed E-state index contributed by atoms with van der Waals surface area (Å²) >= 11 is 0. The monoisotopic (exact) mass is 253 g/mol. The van der Waals surface area contributed by atoms with Crippen LogP contribution in [0.1, 0.15) is 27.2 Å². The third-order valence-electron chi connectivity index (χ3n) is 3.35. The molecule has 1 unspecified atom stereocenters. The molecule has 18 heavy (non-hydrogen) atoms. The van der Waals surface area contributed by atoms with Gasteiger partial charge in [-0.15, -0.1) is 6.58 Å². The summed E-state index contributed by atoms with van der Waals surface area (Å²) < 4.78 is 17.6. The quantitative estimate of drug-likeness (QED) is 0.335. The minimum absolute atomic E-state index is 0.0649. The maximum atomic E-state index is 8.68. The van der Waals surface area contributed by atoms with E-state index in [0.717, 1.165) is 6.42 Å². The number of azide groups is 1. The van der Waals surface area contributed by atoms with Crippen LogP contribution in [0.25, 0.3) is 10.4 Å². The molecule has 6 nitrogen and oxygen atoms in total. The maximum Gasteiger partial charge on any atom is 0.163 e. The van der Waals surface area contributed by atoms with Gasteiger partial charge in [-0.3, -0.25) is 0 Å². The molecule has 0 radical (unpaired) electrons. The van der Waals surface area contributed by atoms with Gasteiger partial charge in [0.2, 0.25) is 0 Å². The minimum Gasteiger partial charge on any atom is -0.368 e.